The Labute approximate surface area is 160 Å². The third kappa shape index (κ3) is 3.29. The molecule has 1 aromatic heterocycles. The van der Waals surface area contributed by atoms with Gasteiger partial charge in [0.05, 0.1) is 19.3 Å². The average molecular weight is 394 g/mol. The molecule has 0 radical (unpaired) electrons. The van der Waals surface area contributed by atoms with Crippen LogP contribution in [-0.2, 0) is 0 Å². The second kappa shape index (κ2) is 7.03. The van der Waals surface area contributed by atoms with E-state index in [-0.39, 0.29) is 23.7 Å². The molecule has 0 unspecified atom stereocenters. The summed E-state index contributed by atoms with van der Waals surface area (Å²) in [6.45, 7) is 1.23. The van der Waals surface area contributed by atoms with Gasteiger partial charge in [0, 0.05) is 19.5 Å². The van der Waals surface area contributed by atoms with Crippen LogP contribution in [-0.4, -0.2) is 47.0 Å². The van der Waals surface area contributed by atoms with Crippen molar-refractivity contribution in [1.82, 2.24) is 14.7 Å². The molecule has 9 heteroatoms. The van der Waals surface area contributed by atoms with Crippen LogP contribution < -0.4 is 10.1 Å². The molecule has 1 N–H and O–H groups in total. The van der Waals surface area contributed by atoms with Crippen molar-refractivity contribution < 1.29 is 22.7 Å². The number of aromatic nitrogens is 2. The molecular formula is C19H21F3N4O2. The van der Waals surface area contributed by atoms with E-state index in [1.807, 2.05) is 0 Å². The zero-order valence-corrected chi connectivity index (χ0v) is 15.4. The van der Waals surface area contributed by atoms with Crippen molar-refractivity contribution in [1.29, 1.82) is 0 Å². The molecule has 0 bridgehead atoms. The third-order valence-electron chi connectivity index (χ3n) is 5.36. The molecule has 0 saturated carbocycles. The van der Waals surface area contributed by atoms with Crippen LogP contribution >= 0.6 is 0 Å². The lowest BCUT2D eigenvalue weighted by Crippen LogP contribution is -2.36. The van der Waals surface area contributed by atoms with Crippen LogP contribution in [0.2, 0.25) is 0 Å². The number of carbonyl (C=O) groups is 1. The number of nitrogens with zero attached hydrogens (tertiary/aromatic N) is 3. The Bertz CT molecular complexity index is 874. The van der Waals surface area contributed by atoms with E-state index >= 15 is 0 Å². The highest BCUT2D eigenvalue weighted by molar-refractivity contribution is 5.99. The van der Waals surface area contributed by atoms with Crippen LogP contribution in [0.1, 0.15) is 47.3 Å². The predicted octanol–water partition coefficient (Wildman–Crippen LogP) is 3.79. The summed E-state index contributed by atoms with van der Waals surface area (Å²) in [6, 6.07) is 4.51. The smallest absolute Gasteiger partial charge is 0.410 e. The first-order valence-corrected chi connectivity index (χ1v) is 9.22. The fraction of sp³-hybridized carbons (Fsp3) is 0.474. The van der Waals surface area contributed by atoms with Crippen LogP contribution in [0.15, 0.2) is 30.5 Å². The summed E-state index contributed by atoms with van der Waals surface area (Å²) in [7, 11) is 1.51. The standard InChI is InChI=1S/C19H21F3N4O2/c1-28-13-6-4-5-12(9-13)15-10-16(19(20,21)22)26-17(24-15)14(11-23-26)18(27)25-7-2-3-8-25/h4-6,9,11,15-16,24H,2-3,7-8,10H2,1H3/t15-,16+/m1/s1. The Morgan fingerprint density at radius 1 is 1.29 bits per heavy atom. The van der Waals surface area contributed by atoms with Crippen LogP contribution in [0.25, 0.3) is 0 Å². The van der Waals surface area contributed by atoms with E-state index in [1.54, 1.807) is 29.2 Å². The van der Waals surface area contributed by atoms with Gasteiger partial charge in [-0.15, -0.1) is 0 Å². The van der Waals surface area contributed by atoms with Crippen molar-refractivity contribution >= 4 is 11.7 Å². The SMILES string of the molecule is COc1cccc([C@H]2C[C@@H](C(F)(F)F)n3ncc(C(=O)N4CCCC4)c3N2)c1. The topological polar surface area (TPSA) is 59.4 Å². The molecule has 2 aromatic rings. The predicted molar refractivity (Wildman–Crippen MR) is 96.4 cm³/mol. The third-order valence-corrected chi connectivity index (χ3v) is 5.36. The molecule has 3 heterocycles. The monoisotopic (exact) mass is 394 g/mol. The number of alkyl halides is 3. The number of fused-ring (bicyclic) bond motifs is 1. The highest BCUT2D eigenvalue weighted by atomic mass is 19.4. The lowest BCUT2D eigenvalue weighted by Gasteiger charge is -2.34. The first-order valence-electron chi connectivity index (χ1n) is 9.22. The molecule has 1 aromatic carbocycles. The molecule has 6 nitrogen and oxygen atoms in total. The Kier molecular flexibility index (Phi) is 4.68. The van der Waals surface area contributed by atoms with Gasteiger partial charge in [0.1, 0.15) is 17.1 Å². The Hall–Kier alpha value is -2.71. The van der Waals surface area contributed by atoms with Crippen molar-refractivity contribution in [2.75, 3.05) is 25.5 Å². The molecule has 1 saturated heterocycles. The van der Waals surface area contributed by atoms with Gasteiger partial charge in [-0.3, -0.25) is 4.79 Å². The van der Waals surface area contributed by atoms with E-state index in [0.717, 1.165) is 17.5 Å². The van der Waals surface area contributed by atoms with Crippen LogP contribution in [0, 0.1) is 0 Å². The van der Waals surface area contributed by atoms with Gasteiger partial charge in [-0.25, -0.2) is 4.68 Å². The number of amides is 1. The lowest BCUT2D eigenvalue weighted by atomic mass is 9.96. The lowest BCUT2D eigenvalue weighted by molar-refractivity contribution is -0.173. The number of hydrogen-bond acceptors (Lipinski definition) is 4. The molecule has 150 valence electrons. The van der Waals surface area contributed by atoms with Gasteiger partial charge in [0.25, 0.3) is 5.91 Å². The summed E-state index contributed by atoms with van der Waals surface area (Å²) >= 11 is 0. The van der Waals surface area contributed by atoms with E-state index in [9.17, 15) is 18.0 Å². The Morgan fingerprint density at radius 2 is 2.04 bits per heavy atom. The largest absolute Gasteiger partial charge is 0.497 e. The van der Waals surface area contributed by atoms with Gasteiger partial charge in [-0.1, -0.05) is 12.1 Å². The molecule has 28 heavy (non-hydrogen) atoms. The first kappa shape index (κ1) is 18.6. The van der Waals surface area contributed by atoms with Crippen molar-refractivity contribution in [3.05, 3.63) is 41.6 Å². The number of hydrogen-bond donors (Lipinski definition) is 1. The molecule has 0 spiro atoms. The van der Waals surface area contributed by atoms with Gasteiger partial charge < -0.3 is 15.0 Å². The molecule has 2 aliphatic heterocycles. The number of rotatable bonds is 3. The second-order valence-electron chi connectivity index (χ2n) is 7.12. The minimum Gasteiger partial charge on any atom is -0.497 e. The minimum atomic E-state index is -4.48. The number of ether oxygens (including phenoxy) is 1. The Balaban J connectivity index is 1.73. The highest BCUT2D eigenvalue weighted by Crippen LogP contribution is 2.44. The van der Waals surface area contributed by atoms with Crippen LogP contribution in [0.5, 0.6) is 5.75 Å². The van der Waals surface area contributed by atoms with E-state index < -0.39 is 18.3 Å². The van der Waals surface area contributed by atoms with Crippen LogP contribution in [0.3, 0.4) is 0 Å². The van der Waals surface area contributed by atoms with Crippen molar-refractivity contribution in [3.8, 4) is 5.75 Å². The second-order valence-corrected chi connectivity index (χ2v) is 7.12. The van der Waals surface area contributed by atoms with Gasteiger partial charge in [-0.2, -0.15) is 18.3 Å². The molecular weight excluding hydrogens is 373 g/mol. The molecule has 1 amide bonds. The van der Waals surface area contributed by atoms with Gasteiger partial charge in [0.15, 0.2) is 6.04 Å². The summed E-state index contributed by atoms with van der Waals surface area (Å²) in [5.74, 6) is 0.409. The fourth-order valence-electron chi connectivity index (χ4n) is 3.89. The molecule has 0 aliphatic carbocycles. The number of halogens is 3. The summed E-state index contributed by atoms with van der Waals surface area (Å²) in [6.07, 6.45) is -1.65. The van der Waals surface area contributed by atoms with Gasteiger partial charge >= 0.3 is 6.18 Å². The number of benzene rings is 1. The van der Waals surface area contributed by atoms with Crippen molar-refractivity contribution in [2.24, 2.45) is 0 Å². The highest BCUT2D eigenvalue weighted by Gasteiger charge is 2.47. The minimum absolute atomic E-state index is 0.123. The number of anilines is 1. The van der Waals surface area contributed by atoms with E-state index in [1.165, 1.54) is 13.3 Å². The molecule has 1 fully saturated rings. The maximum atomic E-state index is 13.8. The number of carbonyl (C=O) groups excluding carboxylic acids is 1. The van der Waals surface area contributed by atoms with Gasteiger partial charge in [-0.05, 0) is 30.5 Å². The number of methoxy groups -OCH3 is 1. The maximum absolute atomic E-state index is 13.8. The maximum Gasteiger partial charge on any atom is 0.410 e. The summed E-state index contributed by atoms with van der Waals surface area (Å²) in [4.78, 5) is 14.5. The summed E-state index contributed by atoms with van der Waals surface area (Å²) in [5.41, 5.74) is 0.851. The number of nitrogens with one attached hydrogen (secondary N) is 1. The molecule has 2 atom stereocenters. The normalized spacial score (nSPS) is 21.9. The zero-order valence-electron chi connectivity index (χ0n) is 15.4. The number of likely N-dealkylation sites (tertiary alicyclic amines) is 1. The summed E-state index contributed by atoms with van der Waals surface area (Å²) < 4.78 is 47.4. The summed E-state index contributed by atoms with van der Waals surface area (Å²) in [5, 5.41) is 7.04. The van der Waals surface area contributed by atoms with Crippen LogP contribution in [0.4, 0.5) is 19.0 Å². The van der Waals surface area contributed by atoms with Crippen molar-refractivity contribution in [3.63, 3.8) is 0 Å². The quantitative estimate of drug-likeness (QED) is 0.861. The average Bonchev–Trinajstić information content (AvgIpc) is 3.36. The van der Waals surface area contributed by atoms with E-state index in [0.29, 0.717) is 24.4 Å². The van der Waals surface area contributed by atoms with Crippen molar-refractivity contribution in [2.45, 2.75) is 37.5 Å². The van der Waals surface area contributed by atoms with E-state index in [2.05, 4.69) is 10.4 Å². The zero-order chi connectivity index (χ0) is 19.9. The van der Waals surface area contributed by atoms with Gasteiger partial charge in [0.2, 0.25) is 0 Å². The first-order chi connectivity index (χ1) is 13.4. The molecule has 2 aliphatic rings. The molecule has 4 rings (SSSR count). The Morgan fingerprint density at radius 3 is 2.71 bits per heavy atom. The fourth-order valence-corrected chi connectivity index (χ4v) is 3.89. The van der Waals surface area contributed by atoms with E-state index in [4.69, 9.17) is 4.74 Å².